The first-order valence-corrected chi connectivity index (χ1v) is 6.55. The maximum Gasteiger partial charge on any atom is 0.120 e. The van der Waals surface area contributed by atoms with Crippen LogP contribution in [0.4, 0.5) is 0 Å². The van der Waals surface area contributed by atoms with Crippen molar-refractivity contribution in [3.8, 4) is 5.75 Å². The number of phenols is 1. The predicted octanol–water partition coefficient (Wildman–Crippen LogP) is 3.62. The lowest BCUT2D eigenvalue weighted by Crippen LogP contribution is -2.43. The average Bonchev–Trinajstić information content (AvgIpc) is 2.17. The van der Waals surface area contributed by atoms with Crippen LogP contribution in [0.25, 0.3) is 0 Å². The second kappa shape index (κ2) is 4.04. The van der Waals surface area contributed by atoms with Gasteiger partial charge in [0, 0.05) is 15.6 Å². The molecule has 0 aliphatic heterocycles. The monoisotopic (exact) mass is 283 g/mol. The Kier molecular flexibility index (Phi) is 3.01. The SMILES string of the molecule is CC(C)c1cc(O)c(C2(N)CCC2)cc1Br. The molecule has 0 spiro atoms. The Morgan fingerprint density at radius 2 is 2.00 bits per heavy atom. The smallest absolute Gasteiger partial charge is 0.120 e. The van der Waals surface area contributed by atoms with Crippen molar-refractivity contribution in [3.05, 3.63) is 27.7 Å². The van der Waals surface area contributed by atoms with Crippen LogP contribution < -0.4 is 5.73 Å². The van der Waals surface area contributed by atoms with Gasteiger partial charge in [0.05, 0.1) is 0 Å². The summed E-state index contributed by atoms with van der Waals surface area (Å²) >= 11 is 3.56. The van der Waals surface area contributed by atoms with Crippen molar-refractivity contribution in [1.29, 1.82) is 0 Å². The van der Waals surface area contributed by atoms with Gasteiger partial charge in [-0.15, -0.1) is 0 Å². The van der Waals surface area contributed by atoms with Gasteiger partial charge in [0.1, 0.15) is 5.75 Å². The van der Waals surface area contributed by atoms with Gasteiger partial charge < -0.3 is 10.8 Å². The number of hydrogen-bond acceptors (Lipinski definition) is 2. The molecule has 0 amide bonds. The maximum absolute atomic E-state index is 10.1. The molecule has 0 bridgehead atoms. The Bertz CT molecular complexity index is 411. The second-order valence-electron chi connectivity index (χ2n) is 5.06. The van der Waals surface area contributed by atoms with Crippen LogP contribution >= 0.6 is 15.9 Å². The summed E-state index contributed by atoms with van der Waals surface area (Å²) in [5.74, 6) is 0.735. The van der Waals surface area contributed by atoms with E-state index in [0.29, 0.717) is 11.7 Å². The zero-order chi connectivity index (χ0) is 11.9. The third kappa shape index (κ3) is 1.87. The quantitative estimate of drug-likeness (QED) is 0.871. The number of aromatic hydroxyl groups is 1. The minimum Gasteiger partial charge on any atom is -0.508 e. The minimum absolute atomic E-state index is 0.303. The third-order valence-corrected chi connectivity index (χ3v) is 4.21. The van der Waals surface area contributed by atoms with Crippen LogP contribution in [-0.2, 0) is 5.54 Å². The molecule has 2 nitrogen and oxygen atoms in total. The average molecular weight is 284 g/mol. The van der Waals surface area contributed by atoms with Crippen molar-refractivity contribution in [2.75, 3.05) is 0 Å². The molecule has 0 aromatic heterocycles. The molecule has 1 aromatic carbocycles. The lowest BCUT2D eigenvalue weighted by atomic mass is 9.72. The zero-order valence-electron chi connectivity index (χ0n) is 9.76. The molecule has 1 aliphatic rings. The van der Waals surface area contributed by atoms with Crippen molar-refractivity contribution < 1.29 is 5.11 Å². The first kappa shape index (κ1) is 11.9. The highest BCUT2D eigenvalue weighted by Crippen LogP contribution is 2.44. The van der Waals surface area contributed by atoms with Crippen LogP contribution in [0.3, 0.4) is 0 Å². The van der Waals surface area contributed by atoms with Gasteiger partial charge in [0.15, 0.2) is 0 Å². The largest absolute Gasteiger partial charge is 0.508 e. The highest BCUT2D eigenvalue weighted by atomic mass is 79.9. The van der Waals surface area contributed by atoms with Crippen LogP contribution in [0, 0.1) is 0 Å². The van der Waals surface area contributed by atoms with Crippen LogP contribution in [0.5, 0.6) is 5.75 Å². The summed E-state index contributed by atoms with van der Waals surface area (Å²) in [6, 6.07) is 3.83. The first-order valence-electron chi connectivity index (χ1n) is 5.76. The van der Waals surface area contributed by atoms with E-state index in [1.165, 1.54) is 0 Å². The van der Waals surface area contributed by atoms with Crippen molar-refractivity contribution in [2.24, 2.45) is 5.73 Å². The molecule has 0 radical (unpaired) electrons. The van der Waals surface area contributed by atoms with Crippen molar-refractivity contribution >= 4 is 15.9 Å². The minimum atomic E-state index is -0.303. The number of phenolic OH excluding ortho intramolecular Hbond substituents is 1. The van der Waals surface area contributed by atoms with E-state index in [1.807, 2.05) is 12.1 Å². The molecule has 0 heterocycles. The molecule has 1 aliphatic carbocycles. The zero-order valence-corrected chi connectivity index (χ0v) is 11.3. The van der Waals surface area contributed by atoms with Crippen molar-refractivity contribution in [1.82, 2.24) is 0 Å². The molecule has 0 unspecified atom stereocenters. The summed E-state index contributed by atoms with van der Waals surface area (Å²) in [5.41, 5.74) is 7.95. The van der Waals surface area contributed by atoms with Crippen LogP contribution in [0.1, 0.15) is 50.2 Å². The van der Waals surface area contributed by atoms with E-state index in [1.54, 1.807) is 0 Å². The molecular weight excluding hydrogens is 266 g/mol. The molecule has 2 rings (SSSR count). The predicted molar refractivity (Wildman–Crippen MR) is 69.6 cm³/mol. The lowest BCUT2D eigenvalue weighted by molar-refractivity contribution is 0.245. The summed E-state index contributed by atoms with van der Waals surface area (Å²) in [7, 11) is 0. The number of rotatable bonds is 2. The highest BCUT2D eigenvalue weighted by Gasteiger charge is 2.36. The Hall–Kier alpha value is -0.540. The van der Waals surface area contributed by atoms with Gasteiger partial charge in [-0.05, 0) is 42.9 Å². The highest BCUT2D eigenvalue weighted by molar-refractivity contribution is 9.10. The third-order valence-electron chi connectivity index (χ3n) is 3.52. The van der Waals surface area contributed by atoms with E-state index >= 15 is 0 Å². The molecule has 1 aromatic rings. The molecule has 16 heavy (non-hydrogen) atoms. The Morgan fingerprint density at radius 1 is 1.38 bits per heavy atom. The van der Waals surface area contributed by atoms with Crippen LogP contribution in [0.2, 0.25) is 0 Å². The molecule has 3 N–H and O–H groups in total. The van der Waals surface area contributed by atoms with Gasteiger partial charge in [-0.2, -0.15) is 0 Å². The van der Waals surface area contributed by atoms with Crippen molar-refractivity contribution in [3.63, 3.8) is 0 Å². The van der Waals surface area contributed by atoms with Gasteiger partial charge in [-0.3, -0.25) is 0 Å². The van der Waals surface area contributed by atoms with Gasteiger partial charge in [-0.1, -0.05) is 29.8 Å². The van der Waals surface area contributed by atoms with E-state index in [0.717, 1.165) is 34.9 Å². The Balaban J connectivity index is 2.45. The Labute approximate surface area is 105 Å². The standard InChI is InChI=1S/C13H18BrNO/c1-8(2)9-6-12(16)10(7-11(9)14)13(15)4-3-5-13/h6-8,16H,3-5,15H2,1-2H3. The molecule has 0 saturated heterocycles. The van der Waals surface area contributed by atoms with Gasteiger partial charge >= 0.3 is 0 Å². The Morgan fingerprint density at radius 3 is 2.44 bits per heavy atom. The second-order valence-corrected chi connectivity index (χ2v) is 5.91. The fraction of sp³-hybridized carbons (Fsp3) is 0.538. The van der Waals surface area contributed by atoms with E-state index in [4.69, 9.17) is 5.73 Å². The summed E-state index contributed by atoms with van der Waals surface area (Å²) in [6.07, 6.45) is 3.08. The van der Waals surface area contributed by atoms with Crippen LogP contribution in [-0.4, -0.2) is 5.11 Å². The first-order chi connectivity index (χ1) is 7.44. The van der Waals surface area contributed by atoms with Gasteiger partial charge in [0.2, 0.25) is 0 Å². The maximum atomic E-state index is 10.1. The van der Waals surface area contributed by atoms with Crippen LogP contribution in [0.15, 0.2) is 16.6 Å². The summed E-state index contributed by atoms with van der Waals surface area (Å²) in [6.45, 7) is 4.22. The fourth-order valence-corrected chi connectivity index (χ4v) is 3.05. The van der Waals surface area contributed by atoms with Gasteiger partial charge in [-0.25, -0.2) is 0 Å². The summed E-state index contributed by atoms with van der Waals surface area (Å²) < 4.78 is 1.05. The van der Waals surface area contributed by atoms with E-state index in [2.05, 4.69) is 29.8 Å². The van der Waals surface area contributed by atoms with E-state index < -0.39 is 0 Å². The molecular formula is C13H18BrNO. The summed E-state index contributed by atoms with van der Waals surface area (Å²) in [4.78, 5) is 0. The number of benzene rings is 1. The van der Waals surface area contributed by atoms with E-state index in [9.17, 15) is 5.11 Å². The van der Waals surface area contributed by atoms with E-state index in [-0.39, 0.29) is 5.54 Å². The van der Waals surface area contributed by atoms with Gasteiger partial charge in [0.25, 0.3) is 0 Å². The molecule has 1 fully saturated rings. The van der Waals surface area contributed by atoms with Crippen molar-refractivity contribution in [2.45, 2.75) is 44.6 Å². The fourth-order valence-electron chi connectivity index (χ4n) is 2.25. The molecule has 88 valence electrons. The normalized spacial score (nSPS) is 18.6. The number of halogens is 1. The summed E-state index contributed by atoms with van der Waals surface area (Å²) in [5, 5.41) is 10.1. The topological polar surface area (TPSA) is 46.2 Å². The molecule has 0 atom stereocenters. The molecule has 1 saturated carbocycles. The number of nitrogens with two attached hydrogens (primary N) is 1. The number of hydrogen-bond donors (Lipinski definition) is 2. The molecule has 3 heteroatoms. The lowest BCUT2D eigenvalue weighted by Gasteiger charge is -2.39.